The number of carbonyl (C=O) groups excluding carboxylic acids is 2. The quantitative estimate of drug-likeness (QED) is 0.316. The van der Waals surface area contributed by atoms with Gasteiger partial charge in [0.25, 0.3) is 0 Å². The smallest absolute Gasteiger partial charge is 0.229 e. The van der Waals surface area contributed by atoms with Crippen molar-refractivity contribution in [3.63, 3.8) is 0 Å². The van der Waals surface area contributed by atoms with Gasteiger partial charge in [0.05, 0.1) is 0 Å². The molecule has 0 saturated heterocycles. The van der Waals surface area contributed by atoms with Gasteiger partial charge in [-0.1, -0.05) is 92.6 Å². The number of hydrogen-bond acceptors (Lipinski definition) is 3. The average Bonchev–Trinajstić information content (AvgIpc) is 2.75. The summed E-state index contributed by atoms with van der Waals surface area (Å²) in [6, 6.07) is 9.84. The first-order valence-corrected chi connectivity index (χ1v) is 15.3. The van der Waals surface area contributed by atoms with Crippen molar-refractivity contribution < 1.29 is 14.2 Å². The first-order chi connectivity index (χ1) is 16.5. The number of rotatable bonds is 9. The van der Waals surface area contributed by atoms with Crippen molar-refractivity contribution in [2.75, 3.05) is 6.16 Å². The molecular weight excluding hydrogens is 463 g/mol. The topological polar surface area (TPSA) is 51.2 Å². The molecule has 3 nitrogen and oxygen atoms in total. The summed E-state index contributed by atoms with van der Waals surface area (Å²) in [5.41, 5.74) is 4.40. The highest BCUT2D eigenvalue weighted by Crippen LogP contribution is 2.56. The number of benzene rings is 2. The highest BCUT2D eigenvalue weighted by molar-refractivity contribution is 7.95. The van der Waals surface area contributed by atoms with E-state index in [2.05, 4.69) is 41.5 Å². The summed E-state index contributed by atoms with van der Waals surface area (Å²) in [6.45, 7) is 22.7. The first kappa shape index (κ1) is 30.2. The molecule has 2 unspecified atom stereocenters. The molecule has 2 aromatic carbocycles. The molecule has 0 radical (unpaired) electrons. The average molecular weight is 511 g/mol. The van der Waals surface area contributed by atoms with E-state index in [-0.39, 0.29) is 22.9 Å². The Labute approximate surface area is 219 Å². The highest BCUT2D eigenvalue weighted by Gasteiger charge is 2.44. The second-order valence-corrected chi connectivity index (χ2v) is 15.5. The lowest BCUT2D eigenvalue weighted by molar-refractivity contribution is 0.103. The Hall–Kier alpha value is -1.99. The molecular formula is C32H47O3P. The molecule has 0 aliphatic rings. The Kier molecular flexibility index (Phi) is 9.39. The van der Waals surface area contributed by atoms with Crippen LogP contribution in [0, 0.1) is 25.2 Å². The Morgan fingerprint density at radius 2 is 1.28 bits per heavy atom. The maximum absolute atomic E-state index is 14.9. The van der Waals surface area contributed by atoms with Crippen LogP contribution in [0.25, 0.3) is 0 Å². The molecule has 2 aromatic rings. The van der Waals surface area contributed by atoms with Gasteiger partial charge in [0.1, 0.15) is 0 Å². The molecule has 36 heavy (non-hydrogen) atoms. The van der Waals surface area contributed by atoms with Gasteiger partial charge in [-0.05, 0) is 77.7 Å². The van der Waals surface area contributed by atoms with Gasteiger partial charge in [0, 0.05) is 17.3 Å². The van der Waals surface area contributed by atoms with E-state index in [9.17, 15) is 14.2 Å². The number of hydrogen-bond donors (Lipinski definition) is 0. The number of aryl methyl sites for hydroxylation is 4. The van der Waals surface area contributed by atoms with Crippen LogP contribution in [-0.4, -0.2) is 17.2 Å². The Balaban J connectivity index is 2.76. The van der Waals surface area contributed by atoms with Gasteiger partial charge in [-0.2, -0.15) is 0 Å². The zero-order valence-electron chi connectivity index (χ0n) is 24.5. The van der Waals surface area contributed by atoms with Crippen molar-refractivity contribution in [3.8, 4) is 0 Å². The third-order valence-electron chi connectivity index (χ3n) is 7.01. The van der Waals surface area contributed by atoms with E-state index in [1.165, 1.54) is 0 Å². The summed E-state index contributed by atoms with van der Waals surface area (Å²) in [6.07, 6.45) is 2.19. The molecule has 0 aliphatic carbocycles. The second-order valence-electron chi connectivity index (χ2n) is 12.8. The van der Waals surface area contributed by atoms with Gasteiger partial charge in [-0.15, -0.1) is 0 Å². The number of carbonyl (C=O) groups is 2. The van der Waals surface area contributed by atoms with E-state index >= 15 is 0 Å². The monoisotopic (exact) mass is 510 g/mol. The van der Waals surface area contributed by atoms with Gasteiger partial charge < -0.3 is 4.57 Å². The van der Waals surface area contributed by atoms with Crippen LogP contribution in [0.1, 0.15) is 117 Å². The van der Waals surface area contributed by atoms with E-state index < -0.39 is 18.2 Å². The van der Waals surface area contributed by atoms with Gasteiger partial charge in [-0.3, -0.25) is 9.59 Å². The normalized spacial score (nSPS) is 14.9. The van der Waals surface area contributed by atoms with Crippen LogP contribution in [0.4, 0.5) is 0 Å². The molecule has 0 heterocycles. The minimum atomic E-state index is -3.96. The Bertz CT molecular complexity index is 1130. The van der Waals surface area contributed by atoms with E-state index in [4.69, 9.17) is 0 Å². The summed E-state index contributed by atoms with van der Waals surface area (Å²) >= 11 is 0. The lowest BCUT2D eigenvalue weighted by Gasteiger charge is -2.28. The fourth-order valence-corrected chi connectivity index (χ4v) is 8.30. The van der Waals surface area contributed by atoms with Crippen molar-refractivity contribution >= 4 is 18.2 Å². The van der Waals surface area contributed by atoms with Crippen LogP contribution in [0.15, 0.2) is 30.3 Å². The third kappa shape index (κ3) is 6.65. The molecule has 0 amide bonds. The van der Waals surface area contributed by atoms with Crippen molar-refractivity contribution in [1.29, 1.82) is 0 Å². The zero-order chi connectivity index (χ0) is 27.6. The van der Waals surface area contributed by atoms with Crippen LogP contribution < -0.4 is 0 Å². The lowest BCUT2D eigenvalue weighted by Crippen LogP contribution is -2.23. The van der Waals surface area contributed by atoms with Crippen molar-refractivity contribution in [2.24, 2.45) is 11.3 Å². The summed E-state index contributed by atoms with van der Waals surface area (Å²) in [5.74, 6) is -0.0305. The third-order valence-corrected chi connectivity index (χ3v) is 9.91. The highest BCUT2D eigenvalue weighted by atomic mass is 31.2. The van der Waals surface area contributed by atoms with Gasteiger partial charge in [0.2, 0.25) is 18.2 Å². The van der Waals surface area contributed by atoms with Crippen LogP contribution in [0.3, 0.4) is 0 Å². The van der Waals surface area contributed by atoms with Crippen LogP contribution in [0.5, 0.6) is 0 Å². The summed E-state index contributed by atoms with van der Waals surface area (Å²) in [5, 5.41) is 0. The first-order valence-electron chi connectivity index (χ1n) is 13.4. The van der Waals surface area contributed by atoms with E-state index in [0.717, 1.165) is 34.2 Å². The standard InChI is InChI=1S/C32H47O3P/c1-12-24-15-14-16-25(13-2)28(24)30(34)36(35,20-21(3)19-31(6,7)8)29(33)27-22(4)17-26(18-23(27)5)32(9,10)11/h14-18,21H,12-13,19-20H2,1-11H3. The minimum Gasteiger partial charge on any atom is -0.307 e. The molecule has 0 aromatic heterocycles. The van der Waals surface area contributed by atoms with E-state index in [1.54, 1.807) is 0 Å². The lowest BCUT2D eigenvalue weighted by atomic mass is 9.84. The van der Waals surface area contributed by atoms with Crippen LogP contribution >= 0.6 is 7.14 Å². The predicted octanol–water partition coefficient (Wildman–Crippen LogP) is 9.14. The van der Waals surface area contributed by atoms with Crippen LogP contribution in [-0.2, 0) is 22.8 Å². The molecule has 0 fully saturated rings. The molecule has 0 saturated carbocycles. The molecule has 0 spiro atoms. The van der Waals surface area contributed by atoms with E-state index in [1.807, 2.05) is 65.0 Å². The van der Waals surface area contributed by atoms with Crippen LogP contribution in [0.2, 0.25) is 0 Å². The van der Waals surface area contributed by atoms with Crippen molar-refractivity contribution in [3.05, 3.63) is 69.3 Å². The second kappa shape index (κ2) is 11.2. The minimum absolute atomic E-state index is 0.00639. The fourth-order valence-electron chi connectivity index (χ4n) is 5.42. The Morgan fingerprint density at radius 1 is 0.833 bits per heavy atom. The maximum atomic E-state index is 14.9. The molecule has 2 atom stereocenters. The fraction of sp³-hybridized carbons (Fsp3) is 0.562. The molecule has 0 N–H and O–H groups in total. The molecule has 198 valence electrons. The van der Waals surface area contributed by atoms with Gasteiger partial charge >= 0.3 is 0 Å². The summed E-state index contributed by atoms with van der Waals surface area (Å²) in [7, 11) is -3.96. The maximum Gasteiger partial charge on any atom is 0.229 e. The van der Waals surface area contributed by atoms with Crippen molar-refractivity contribution in [1.82, 2.24) is 0 Å². The van der Waals surface area contributed by atoms with Crippen molar-refractivity contribution in [2.45, 2.75) is 101 Å². The molecule has 4 heteroatoms. The summed E-state index contributed by atoms with van der Waals surface area (Å²) in [4.78, 5) is 28.6. The molecule has 0 bridgehead atoms. The molecule has 2 rings (SSSR count). The van der Waals surface area contributed by atoms with Gasteiger partial charge in [0.15, 0.2) is 0 Å². The SMILES string of the molecule is CCc1cccc(CC)c1C(=O)P(=O)(CC(C)CC(C)(C)C)C(=O)c1c(C)cc(C(C)(C)C)cc1C. The molecule has 0 aliphatic heterocycles. The largest absolute Gasteiger partial charge is 0.307 e. The zero-order valence-corrected chi connectivity index (χ0v) is 25.4. The summed E-state index contributed by atoms with van der Waals surface area (Å²) < 4.78 is 14.9. The van der Waals surface area contributed by atoms with E-state index in [0.29, 0.717) is 24.0 Å². The predicted molar refractivity (Wildman–Crippen MR) is 154 cm³/mol. The van der Waals surface area contributed by atoms with Gasteiger partial charge in [-0.25, -0.2) is 0 Å². The Morgan fingerprint density at radius 3 is 1.67 bits per heavy atom.